The van der Waals surface area contributed by atoms with E-state index in [1.807, 2.05) is 6.92 Å². The van der Waals surface area contributed by atoms with E-state index in [1.165, 1.54) is 32.1 Å². The van der Waals surface area contributed by atoms with Gasteiger partial charge in [0.15, 0.2) is 0 Å². The Labute approximate surface area is 92.2 Å². The van der Waals surface area contributed by atoms with E-state index in [9.17, 15) is 4.79 Å². The van der Waals surface area contributed by atoms with Crippen LogP contribution in [-0.2, 0) is 4.79 Å². The summed E-state index contributed by atoms with van der Waals surface area (Å²) < 4.78 is 0. The van der Waals surface area contributed by atoms with Crippen LogP contribution in [-0.4, -0.2) is 30.4 Å². The van der Waals surface area contributed by atoms with Crippen LogP contribution in [0, 0.1) is 5.92 Å². The molecule has 0 aromatic carbocycles. The van der Waals surface area contributed by atoms with E-state index < -0.39 is 0 Å². The molecule has 1 fully saturated rings. The molecule has 1 rings (SSSR count). The summed E-state index contributed by atoms with van der Waals surface area (Å²) in [5.74, 6) is 5.01. The van der Waals surface area contributed by atoms with E-state index in [1.54, 1.807) is 0 Å². The van der Waals surface area contributed by atoms with Crippen LogP contribution in [0.25, 0.3) is 0 Å². The molecule has 1 aliphatic carbocycles. The third-order valence-electron chi connectivity index (χ3n) is 3.35. The molecule has 4 nitrogen and oxygen atoms in total. The fourth-order valence-electron chi connectivity index (χ4n) is 2.33. The number of carbonyl (C=O) groups is 1. The summed E-state index contributed by atoms with van der Waals surface area (Å²) in [6.45, 7) is 2.72. The molecule has 3 N–H and O–H groups in total. The van der Waals surface area contributed by atoms with Crippen molar-refractivity contribution < 1.29 is 4.79 Å². The molecule has 0 aliphatic heterocycles. The van der Waals surface area contributed by atoms with Gasteiger partial charge in [-0.1, -0.05) is 26.2 Å². The third kappa shape index (κ3) is 3.80. The average molecular weight is 213 g/mol. The van der Waals surface area contributed by atoms with Crippen LogP contribution < -0.4 is 11.3 Å². The maximum Gasteiger partial charge on any atom is 0.237 e. The van der Waals surface area contributed by atoms with Crippen molar-refractivity contribution in [2.75, 3.05) is 13.6 Å². The van der Waals surface area contributed by atoms with E-state index in [0.29, 0.717) is 6.04 Å². The first-order chi connectivity index (χ1) is 7.15. The van der Waals surface area contributed by atoms with Gasteiger partial charge in [-0.25, -0.2) is 5.84 Å². The molecule has 0 saturated heterocycles. The zero-order valence-electron chi connectivity index (χ0n) is 9.83. The minimum absolute atomic E-state index is 0.0260. The number of rotatable bonds is 4. The smallest absolute Gasteiger partial charge is 0.237 e. The highest BCUT2D eigenvalue weighted by Gasteiger charge is 2.21. The quantitative estimate of drug-likeness (QED) is 0.414. The molecule has 0 spiro atoms. The van der Waals surface area contributed by atoms with Crippen LogP contribution in [0.15, 0.2) is 0 Å². The topological polar surface area (TPSA) is 58.4 Å². The number of amides is 1. The molecule has 88 valence electrons. The van der Waals surface area contributed by atoms with Gasteiger partial charge < -0.3 is 4.90 Å². The molecule has 0 bridgehead atoms. The molecule has 4 heteroatoms. The van der Waals surface area contributed by atoms with Crippen LogP contribution in [0.2, 0.25) is 0 Å². The second-order valence-corrected chi connectivity index (χ2v) is 4.64. The molecule has 1 saturated carbocycles. The van der Waals surface area contributed by atoms with E-state index in [-0.39, 0.29) is 11.8 Å². The first-order valence-electron chi connectivity index (χ1n) is 5.86. The van der Waals surface area contributed by atoms with Crippen molar-refractivity contribution in [3.63, 3.8) is 0 Å². The first-order valence-corrected chi connectivity index (χ1v) is 5.86. The number of hydrogen-bond acceptors (Lipinski definition) is 3. The number of nitrogens with zero attached hydrogens (tertiary/aromatic N) is 1. The summed E-state index contributed by atoms with van der Waals surface area (Å²) in [4.78, 5) is 13.6. The monoisotopic (exact) mass is 213 g/mol. The van der Waals surface area contributed by atoms with Crippen LogP contribution in [0.1, 0.15) is 39.0 Å². The number of nitrogens with one attached hydrogen (secondary N) is 1. The summed E-state index contributed by atoms with van der Waals surface area (Å²) in [5.41, 5.74) is 2.21. The second kappa shape index (κ2) is 6.08. The van der Waals surface area contributed by atoms with Crippen LogP contribution >= 0.6 is 0 Å². The largest absolute Gasteiger partial charge is 0.303 e. The molecule has 0 aromatic heterocycles. The number of nitrogens with two attached hydrogens (primary N) is 1. The predicted octanol–water partition coefficient (Wildman–Crippen LogP) is 0.877. The van der Waals surface area contributed by atoms with Crippen LogP contribution in [0.5, 0.6) is 0 Å². The van der Waals surface area contributed by atoms with Gasteiger partial charge >= 0.3 is 0 Å². The van der Waals surface area contributed by atoms with Crippen molar-refractivity contribution in [1.82, 2.24) is 10.3 Å². The lowest BCUT2D eigenvalue weighted by Crippen LogP contribution is -2.42. The Morgan fingerprint density at radius 2 is 2.07 bits per heavy atom. The van der Waals surface area contributed by atoms with Gasteiger partial charge in [-0.15, -0.1) is 0 Å². The minimum Gasteiger partial charge on any atom is -0.303 e. The Kier molecular flexibility index (Phi) is 5.05. The second-order valence-electron chi connectivity index (χ2n) is 4.64. The Hall–Kier alpha value is -0.610. The van der Waals surface area contributed by atoms with Gasteiger partial charge in [-0.2, -0.15) is 0 Å². The van der Waals surface area contributed by atoms with Crippen molar-refractivity contribution >= 4 is 5.91 Å². The molecule has 0 radical (unpaired) electrons. The van der Waals surface area contributed by atoms with Gasteiger partial charge in [-0.05, 0) is 19.9 Å². The number of carbonyl (C=O) groups excluding carboxylic acids is 1. The lowest BCUT2D eigenvalue weighted by atomic mass is 9.94. The van der Waals surface area contributed by atoms with Gasteiger partial charge in [0.1, 0.15) is 0 Å². The minimum atomic E-state index is -0.0716. The zero-order valence-corrected chi connectivity index (χ0v) is 9.83. The molecule has 1 unspecified atom stereocenters. The lowest BCUT2D eigenvalue weighted by Gasteiger charge is -2.32. The van der Waals surface area contributed by atoms with E-state index in [2.05, 4.69) is 17.4 Å². The highest BCUT2D eigenvalue weighted by atomic mass is 16.2. The van der Waals surface area contributed by atoms with E-state index >= 15 is 0 Å². The van der Waals surface area contributed by atoms with Crippen molar-refractivity contribution in [3.8, 4) is 0 Å². The third-order valence-corrected chi connectivity index (χ3v) is 3.35. The SMILES string of the molecule is CC(CN(C)C1CCCCC1)C(=O)NN. The molecule has 15 heavy (non-hydrogen) atoms. The molecule has 1 amide bonds. The molecular formula is C11H23N3O. The molecule has 1 atom stereocenters. The van der Waals surface area contributed by atoms with Gasteiger partial charge in [-0.3, -0.25) is 10.2 Å². The summed E-state index contributed by atoms with van der Waals surface area (Å²) in [5, 5.41) is 0. The maximum atomic E-state index is 11.3. The molecular weight excluding hydrogens is 190 g/mol. The lowest BCUT2D eigenvalue weighted by molar-refractivity contribution is -0.125. The standard InChI is InChI=1S/C11H23N3O/c1-9(11(15)13-12)8-14(2)10-6-4-3-5-7-10/h9-10H,3-8,12H2,1-2H3,(H,13,15). The summed E-state index contributed by atoms with van der Waals surface area (Å²) in [7, 11) is 2.11. The summed E-state index contributed by atoms with van der Waals surface area (Å²) >= 11 is 0. The van der Waals surface area contributed by atoms with Gasteiger partial charge in [0.25, 0.3) is 0 Å². The van der Waals surface area contributed by atoms with Crippen molar-refractivity contribution in [3.05, 3.63) is 0 Å². The maximum absolute atomic E-state index is 11.3. The highest BCUT2D eigenvalue weighted by molar-refractivity contribution is 5.77. The Balaban J connectivity index is 2.33. The average Bonchev–Trinajstić information content (AvgIpc) is 2.29. The Morgan fingerprint density at radius 3 is 2.60 bits per heavy atom. The van der Waals surface area contributed by atoms with Crippen molar-refractivity contribution in [2.45, 2.75) is 45.1 Å². The number of hydrogen-bond donors (Lipinski definition) is 2. The van der Waals surface area contributed by atoms with Gasteiger partial charge in [0, 0.05) is 18.5 Å². The van der Waals surface area contributed by atoms with Gasteiger partial charge in [0.05, 0.1) is 0 Å². The normalized spacial score (nSPS) is 20.3. The first kappa shape index (κ1) is 12.5. The van der Waals surface area contributed by atoms with Gasteiger partial charge in [0.2, 0.25) is 5.91 Å². The molecule has 1 aliphatic rings. The highest BCUT2D eigenvalue weighted by Crippen LogP contribution is 2.22. The Bertz CT molecular complexity index is 202. The zero-order chi connectivity index (χ0) is 11.3. The van der Waals surface area contributed by atoms with E-state index in [0.717, 1.165) is 6.54 Å². The summed E-state index contributed by atoms with van der Waals surface area (Å²) in [6, 6.07) is 0.659. The van der Waals surface area contributed by atoms with Crippen LogP contribution in [0.4, 0.5) is 0 Å². The molecule has 0 aromatic rings. The van der Waals surface area contributed by atoms with Crippen molar-refractivity contribution in [1.29, 1.82) is 0 Å². The van der Waals surface area contributed by atoms with Crippen molar-refractivity contribution in [2.24, 2.45) is 11.8 Å². The predicted molar refractivity (Wildman–Crippen MR) is 61.0 cm³/mol. The molecule has 0 heterocycles. The number of hydrazine groups is 1. The fourth-order valence-corrected chi connectivity index (χ4v) is 2.33. The Morgan fingerprint density at radius 1 is 1.47 bits per heavy atom. The fraction of sp³-hybridized carbons (Fsp3) is 0.909. The van der Waals surface area contributed by atoms with E-state index in [4.69, 9.17) is 5.84 Å². The summed E-state index contributed by atoms with van der Waals surface area (Å²) in [6.07, 6.45) is 6.56. The van der Waals surface area contributed by atoms with Crippen LogP contribution in [0.3, 0.4) is 0 Å².